The third-order valence-electron chi connectivity index (χ3n) is 4.73. The largest absolute Gasteiger partial charge is 0.385 e. The number of benzene rings is 2. The van der Waals surface area contributed by atoms with Gasteiger partial charge < -0.3 is 9.26 Å². The van der Waals surface area contributed by atoms with Crippen LogP contribution in [0.2, 0.25) is 0 Å². The molecule has 0 aliphatic carbocycles. The van der Waals surface area contributed by atoms with E-state index >= 15 is 0 Å². The highest BCUT2D eigenvalue weighted by atomic mass is 19.1. The first kappa shape index (κ1) is 19.7. The summed E-state index contributed by atoms with van der Waals surface area (Å²) in [7, 11) is 1.57. The highest BCUT2D eigenvalue weighted by molar-refractivity contribution is 5.77. The molecule has 2 heterocycles. The Balaban J connectivity index is 1.74. The van der Waals surface area contributed by atoms with E-state index in [1.165, 1.54) is 21.3 Å². The second kappa shape index (κ2) is 8.42. The Labute approximate surface area is 170 Å². The zero-order valence-electron chi connectivity index (χ0n) is 16.2. The number of nitrogens with zero attached hydrogens (tertiary/aromatic N) is 4. The summed E-state index contributed by atoms with van der Waals surface area (Å²) in [4.78, 5) is 30.2. The van der Waals surface area contributed by atoms with Gasteiger partial charge in [0, 0.05) is 25.8 Å². The van der Waals surface area contributed by atoms with Crippen molar-refractivity contribution in [1.82, 2.24) is 19.3 Å². The molecule has 0 atom stereocenters. The number of para-hydroxylation sites is 1. The lowest BCUT2D eigenvalue weighted by molar-refractivity contribution is 0.189. The molecule has 0 aliphatic rings. The molecule has 0 unspecified atom stereocenters. The lowest BCUT2D eigenvalue weighted by Gasteiger charge is -2.12. The molecular formula is C21H19FN4O4. The second-order valence-electron chi connectivity index (χ2n) is 6.71. The molecule has 0 amide bonds. The number of fused-ring (bicyclic) bond motifs is 1. The number of aromatic nitrogens is 4. The molecule has 0 radical (unpaired) electrons. The second-order valence-corrected chi connectivity index (χ2v) is 6.71. The van der Waals surface area contributed by atoms with Crippen LogP contribution >= 0.6 is 0 Å². The fraction of sp³-hybridized carbons (Fsp3) is 0.238. The normalized spacial score (nSPS) is 11.3. The van der Waals surface area contributed by atoms with E-state index in [0.717, 1.165) is 0 Å². The topological polar surface area (TPSA) is 92.2 Å². The summed E-state index contributed by atoms with van der Waals surface area (Å²) in [6, 6.07) is 12.6. The van der Waals surface area contributed by atoms with Gasteiger partial charge in [-0.2, -0.15) is 4.98 Å². The first-order valence-electron chi connectivity index (χ1n) is 9.38. The van der Waals surface area contributed by atoms with Gasteiger partial charge >= 0.3 is 5.69 Å². The van der Waals surface area contributed by atoms with Crippen LogP contribution in [0.3, 0.4) is 0 Å². The van der Waals surface area contributed by atoms with Crippen LogP contribution in [0.4, 0.5) is 4.39 Å². The van der Waals surface area contributed by atoms with Crippen molar-refractivity contribution in [2.45, 2.75) is 19.5 Å². The predicted octanol–water partition coefficient (Wildman–Crippen LogP) is 2.44. The van der Waals surface area contributed by atoms with Crippen molar-refractivity contribution in [2.24, 2.45) is 0 Å². The molecule has 0 fully saturated rings. The van der Waals surface area contributed by atoms with Gasteiger partial charge in [0.15, 0.2) is 0 Å². The number of hydrogen-bond donors (Lipinski definition) is 0. The minimum absolute atomic E-state index is 0.00189. The molecule has 0 N–H and O–H groups in total. The monoisotopic (exact) mass is 410 g/mol. The van der Waals surface area contributed by atoms with Crippen LogP contribution in [-0.2, 0) is 17.8 Å². The molecule has 0 bridgehead atoms. The molecule has 0 saturated carbocycles. The van der Waals surface area contributed by atoms with Gasteiger partial charge in [-0.1, -0.05) is 17.3 Å². The molecule has 0 saturated heterocycles. The van der Waals surface area contributed by atoms with Gasteiger partial charge in [-0.25, -0.2) is 9.18 Å². The number of hydrogen-bond acceptors (Lipinski definition) is 6. The molecule has 9 heteroatoms. The molecule has 2 aromatic carbocycles. The van der Waals surface area contributed by atoms with E-state index < -0.39 is 5.69 Å². The van der Waals surface area contributed by atoms with Crippen LogP contribution in [0, 0.1) is 5.82 Å². The summed E-state index contributed by atoms with van der Waals surface area (Å²) >= 11 is 0. The maximum absolute atomic E-state index is 13.1. The Bertz CT molecular complexity index is 1290. The Morgan fingerprint density at radius 1 is 1.07 bits per heavy atom. The third kappa shape index (κ3) is 3.79. The van der Waals surface area contributed by atoms with Crippen molar-refractivity contribution < 1.29 is 13.7 Å². The first-order chi connectivity index (χ1) is 14.6. The SMILES string of the molecule is COCCCn1c(=O)c2ccccc2n(Cc2nc(-c3ccc(F)cc3)no2)c1=O. The summed E-state index contributed by atoms with van der Waals surface area (Å²) < 4.78 is 26.1. The van der Waals surface area contributed by atoms with E-state index in [1.807, 2.05) is 0 Å². The number of methoxy groups -OCH3 is 1. The molecule has 0 spiro atoms. The van der Waals surface area contributed by atoms with Crippen LogP contribution in [-0.4, -0.2) is 33.0 Å². The average molecular weight is 410 g/mol. The number of rotatable bonds is 7. The molecule has 4 rings (SSSR count). The zero-order chi connectivity index (χ0) is 21.1. The highest BCUT2D eigenvalue weighted by Crippen LogP contribution is 2.17. The fourth-order valence-electron chi connectivity index (χ4n) is 3.26. The van der Waals surface area contributed by atoms with Crippen molar-refractivity contribution in [3.8, 4) is 11.4 Å². The average Bonchev–Trinajstić information content (AvgIpc) is 3.23. The number of halogens is 1. The molecule has 4 aromatic rings. The lowest BCUT2D eigenvalue weighted by atomic mass is 10.2. The smallest absolute Gasteiger partial charge is 0.331 e. The summed E-state index contributed by atoms with van der Waals surface area (Å²) in [6.45, 7) is 0.669. The van der Waals surface area contributed by atoms with E-state index in [0.29, 0.717) is 29.5 Å². The summed E-state index contributed by atoms with van der Waals surface area (Å²) in [5.74, 6) is 0.121. The van der Waals surface area contributed by atoms with Crippen molar-refractivity contribution in [1.29, 1.82) is 0 Å². The molecule has 8 nitrogen and oxygen atoms in total. The molecular weight excluding hydrogens is 391 g/mol. The van der Waals surface area contributed by atoms with Gasteiger partial charge in [0.25, 0.3) is 5.56 Å². The van der Waals surface area contributed by atoms with Crippen molar-refractivity contribution >= 4 is 10.9 Å². The lowest BCUT2D eigenvalue weighted by Crippen LogP contribution is -2.40. The summed E-state index contributed by atoms with van der Waals surface area (Å²) in [5.41, 5.74) is 0.266. The summed E-state index contributed by atoms with van der Waals surface area (Å²) in [5, 5.41) is 4.34. The van der Waals surface area contributed by atoms with E-state index in [-0.39, 0.29) is 36.2 Å². The molecule has 2 aromatic heterocycles. The van der Waals surface area contributed by atoms with E-state index in [2.05, 4.69) is 10.1 Å². The van der Waals surface area contributed by atoms with Gasteiger partial charge in [0.1, 0.15) is 12.4 Å². The van der Waals surface area contributed by atoms with E-state index in [4.69, 9.17) is 9.26 Å². The Morgan fingerprint density at radius 3 is 2.60 bits per heavy atom. The fourth-order valence-corrected chi connectivity index (χ4v) is 3.26. The number of ether oxygens (including phenoxy) is 1. The van der Waals surface area contributed by atoms with Crippen LogP contribution in [0.5, 0.6) is 0 Å². The Morgan fingerprint density at radius 2 is 1.83 bits per heavy atom. The van der Waals surface area contributed by atoms with Gasteiger partial charge in [-0.3, -0.25) is 13.9 Å². The minimum atomic E-state index is -0.462. The standard InChI is InChI=1S/C21H19FN4O4/c1-29-12-4-11-25-20(27)16-5-2-3-6-17(16)26(21(25)28)13-18-23-19(24-30-18)14-7-9-15(22)10-8-14/h2-3,5-10H,4,11-13H2,1H3. The first-order valence-corrected chi connectivity index (χ1v) is 9.38. The van der Waals surface area contributed by atoms with Crippen molar-refractivity contribution in [2.75, 3.05) is 13.7 Å². The maximum atomic E-state index is 13.1. The zero-order valence-corrected chi connectivity index (χ0v) is 16.2. The predicted molar refractivity (Wildman–Crippen MR) is 108 cm³/mol. The van der Waals surface area contributed by atoms with Gasteiger partial charge in [-0.05, 0) is 42.8 Å². The van der Waals surface area contributed by atoms with Crippen LogP contribution in [0.15, 0.2) is 62.6 Å². The van der Waals surface area contributed by atoms with Crippen molar-refractivity contribution in [3.05, 3.63) is 81.1 Å². The molecule has 30 heavy (non-hydrogen) atoms. The van der Waals surface area contributed by atoms with Gasteiger partial charge in [0.05, 0.1) is 10.9 Å². The van der Waals surface area contributed by atoms with E-state index in [1.54, 1.807) is 43.5 Å². The van der Waals surface area contributed by atoms with Crippen molar-refractivity contribution in [3.63, 3.8) is 0 Å². The van der Waals surface area contributed by atoms with Gasteiger partial charge in [0.2, 0.25) is 11.7 Å². The molecule has 154 valence electrons. The van der Waals surface area contributed by atoms with E-state index in [9.17, 15) is 14.0 Å². The quantitative estimate of drug-likeness (QED) is 0.435. The van der Waals surface area contributed by atoms with Crippen LogP contribution in [0.1, 0.15) is 12.3 Å². The van der Waals surface area contributed by atoms with Crippen LogP contribution in [0.25, 0.3) is 22.3 Å². The van der Waals surface area contributed by atoms with Crippen LogP contribution < -0.4 is 11.2 Å². The summed E-state index contributed by atoms with van der Waals surface area (Å²) in [6.07, 6.45) is 0.527. The van der Waals surface area contributed by atoms with Gasteiger partial charge in [-0.15, -0.1) is 0 Å². The highest BCUT2D eigenvalue weighted by Gasteiger charge is 2.16. The third-order valence-corrected chi connectivity index (χ3v) is 4.73. The molecule has 0 aliphatic heterocycles. The Kier molecular flexibility index (Phi) is 5.53. The maximum Gasteiger partial charge on any atom is 0.331 e. The Hall–Kier alpha value is -3.59. The minimum Gasteiger partial charge on any atom is -0.385 e.